The molecule has 4 fully saturated rings. The lowest BCUT2D eigenvalue weighted by molar-refractivity contribution is -0.202. The lowest BCUT2D eigenvalue weighted by Crippen LogP contribution is -2.62. The Labute approximate surface area is 228 Å². The summed E-state index contributed by atoms with van der Waals surface area (Å²) in [6.07, 6.45) is 10.7. The van der Waals surface area contributed by atoms with E-state index in [0.29, 0.717) is 52.9 Å². The molecule has 0 radical (unpaired) electrons. The molecule has 0 saturated heterocycles. The van der Waals surface area contributed by atoms with Gasteiger partial charge in [0, 0.05) is 12.5 Å². The van der Waals surface area contributed by atoms with Gasteiger partial charge in [-0.2, -0.15) is 0 Å². The minimum absolute atomic E-state index is 0.211. The Morgan fingerprint density at radius 1 is 1.03 bits per heavy atom. The van der Waals surface area contributed by atoms with Gasteiger partial charge >= 0.3 is 5.97 Å². The van der Waals surface area contributed by atoms with Crippen LogP contribution < -0.4 is 0 Å². The molecular formula is C32H58O4Si. The first kappa shape index (κ1) is 29.6. The second kappa shape index (κ2) is 10.2. The summed E-state index contributed by atoms with van der Waals surface area (Å²) >= 11 is 0. The van der Waals surface area contributed by atoms with Crippen molar-refractivity contribution in [2.24, 2.45) is 52.3 Å². The second-order valence-electron chi connectivity index (χ2n) is 15.9. The van der Waals surface area contributed by atoms with E-state index in [2.05, 4.69) is 61.6 Å². The summed E-state index contributed by atoms with van der Waals surface area (Å²) in [4.78, 5) is 11.3. The molecule has 4 aliphatic carbocycles. The summed E-state index contributed by atoms with van der Waals surface area (Å²) in [5.41, 5.74) is 0.538. The standard InChI is InChI=1S/C32H58O4Si/c1-10-22-26-19-21(36-37(8,9)30(3,4)5)15-17-32(26,7)25-16-18-31(6)23(20(2)11-14-27(33)34)12-13-24(31)28(25)29(22)35/h20-26,28-29,35H,10-19H2,1-9H3,(H,33,34)/t20-,21?,22-,23?,24+,25+,26?,28+,29-,31?,32?/m1/s1. The van der Waals surface area contributed by atoms with Gasteiger partial charge in [-0.25, -0.2) is 0 Å². The average molecular weight is 535 g/mol. The Bertz CT molecular complexity index is 835. The van der Waals surface area contributed by atoms with Crippen molar-refractivity contribution in [2.75, 3.05) is 0 Å². The highest BCUT2D eigenvalue weighted by Gasteiger charge is 2.65. The number of fused-ring (bicyclic) bond motifs is 5. The Morgan fingerprint density at radius 3 is 2.24 bits per heavy atom. The number of carboxylic acid groups (broad SMARTS) is 1. The van der Waals surface area contributed by atoms with Crippen LogP contribution in [0.5, 0.6) is 0 Å². The van der Waals surface area contributed by atoms with E-state index >= 15 is 0 Å². The monoisotopic (exact) mass is 534 g/mol. The van der Waals surface area contributed by atoms with E-state index in [9.17, 15) is 15.0 Å². The summed E-state index contributed by atoms with van der Waals surface area (Å²) in [7, 11) is -1.82. The number of aliphatic carboxylic acids is 1. The Hall–Kier alpha value is -0.393. The number of aliphatic hydroxyl groups excluding tert-OH is 1. The molecule has 4 aliphatic rings. The molecule has 0 aromatic carbocycles. The summed E-state index contributed by atoms with van der Waals surface area (Å²) in [5, 5.41) is 21.6. The van der Waals surface area contributed by atoms with Crippen molar-refractivity contribution in [2.45, 2.75) is 143 Å². The van der Waals surface area contributed by atoms with Gasteiger partial charge in [-0.15, -0.1) is 0 Å². The zero-order valence-electron chi connectivity index (χ0n) is 25.5. The normalized spacial score (nSPS) is 45.0. The number of aliphatic hydroxyl groups is 1. The Balaban J connectivity index is 1.56. The molecular weight excluding hydrogens is 476 g/mol. The summed E-state index contributed by atoms with van der Waals surface area (Å²) in [6.45, 7) is 21.5. The lowest BCUT2D eigenvalue weighted by atomic mass is 9.41. The SMILES string of the molecule is CC[C@@H]1C2CC(O[Si](C)(C)C(C)(C)C)CCC2(C)[C@H]2CCC3(C)C([C@H](C)CCC(=O)O)CC[C@H]3[C@@H]2[C@@H]1O. The van der Waals surface area contributed by atoms with E-state index in [1.54, 1.807) is 0 Å². The molecule has 0 spiro atoms. The molecule has 11 atom stereocenters. The van der Waals surface area contributed by atoms with Gasteiger partial charge in [0.25, 0.3) is 0 Å². The van der Waals surface area contributed by atoms with Crippen molar-refractivity contribution < 1.29 is 19.4 Å². The van der Waals surface area contributed by atoms with Crippen LogP contribution in [-0.2, 0) is 9.22 Å². The van der Waals surface area contributed by atoms with Crippen molar-refractivity contribution in [3.63, 3.8) is 0 Å². The van der Waals surface area contributed by atoms with Gasteiger partial charge in [0.05, 0.1) is 6.10 Å². The van der Waals surface area contributed by atoms with Crippen molar-refractivity contribution >= 4 is 14.3 Å². The topological polar surface area (TPSA) is 66.8 Å². The quantitative estimate of drug-likeness (QED) is 0.323. The molecule has 0 bridgehead atoms. The van der Waals surface area contributed by atoms with E-state index in [1.807, 2.05) is 0 Å². The van der Waals surface area contributed by atoms with Crippen LogP contribution in [0.25, 0.3) is 0 Å². The van der Waals surface area contributed by atoms with Gasteiger partial charge in [0.1, 0.15) is 0 Å². The van der Waals surface area contributed by atoms with E-state index < -0.39 is 14.3 Å². The van der Waals surface area contributed by atoms with Gasteiger partial charge in [0.15, 0.2) is 8.32 Å². The number of rotatable bonds is 7. The predicted molar refractivity (Wildman–Crippen MR) is 154 cm³/mol. The fourth-order valence-electron chi connectivity index (χ4n) is 10.2. The van der Waals surface area contributed by atoms with Crippen LogP contribution in [0.2, 0.25) is 18.1 Å². The van der Waals surface area contributed by atoms with Gasteiger partial charge in [-0.1, -0.05) is 54.9 Å². The van der Waals surface area contributed by atoms with Crippen LogP contribution in [0.1, 0.15) is 113 Å². The smallest absolute Gasteiger partial charge is 0.303 e. The van der Waals surface area contributed by atoms with Crippen molar-refractivity contribution in [3.05, 3.63) is 0 Å². The molecule has 0 aromatic heterocycles. The van der Waals surface area contributed by atoms with E-state index in [1.165, 1.54) is 38.5 Å². The Morgan fingerprint density at radius 2 is 1.65 bits per heavy atom. The molecule has 4 nitrogen and oxygen atoms in total. The number of carboxylic acids is 1. The minimum Gasteiger partial charge on any atom is -0.481 e. The highest BCUT2D eigenvalue weighted by atomic mass is 28.4. The fraction of sp³-hybridized carbons (Fsp3) is 0.969. The summed E-state index contributed by atoms with van der Waals surface area (Å²) in [5.74, 6) is 2.86. The fourth-order valence-corrected chi connectivity index (χ4v) is 11.6. The zero-order chi connectivity index (χ0) is 27.6. The number of hydrogen-bond donors (Lipinski definition) is 2. The van der Waals surface area contributed by atoms with Crippen LogP contribution in [0.4, 0.5) is 0 Å². The van der Waals surface area contributed by atoms with Crippen LogP contribution >= 0.6 is 0 Å². The minimum atomic E-state index is -1.82. The molecule has 37 heavy (non-hydrogen) atoms. The molecule has 214 valence electrons. The highest BCUT2D eigenvalue weighted by Crippen LogP contribution is 2.69. The zero-order valence-corrected chi connectivity index (χ0v) is 26.5. The third-order valence-electron chi connectivity index (χ3n) is 13.2. The number of hydrogen-bond acceptors (Lipinski definition) is 3. The van der Waals surface area contributed by atoms with Crippen LogP contribution in [-0.4, -0.2) is 36.7 Å². The molecule has 5 heteroatoms. The highest BCUT2D eigenvalue weighted by molar-refractivity contribution is 6.74. The van der Waals surface area contributed by atoms with E-state index in [0.717, 1.165) is 19.3 Å². The number of carbonyl (C=O) groups is 1. The molecule has 2 N–H and O–H groups in total. The maximum atomic E-state index is 12.1. The first-order valence-electron chi connectivity index (χ1n) is 15.6. The molecule has 0 amide bonds. The van der Waals surface area contributed by atoms with Gasteiger partial charge in [0.2, 0.25) is 0 Å². The maximum absolute atomic E-state index is 12.1. The molecule has 5 unspecified atom stereocenters. The summed E-state index contributed by atoms with van der Waals surface area (Å²) in [6, 6.07) is 0. The average Bonchev–Trinajstić information content (AvgIpc) is 3.15. The molecule has 4 rings (SSSR count). The third-order valence-corrected chi connectivity index (χ3v) is 17.7. The largest absolute Gasteiger partial charge is 0.481 e. The molecule has 4 saturated carbocycles. The van der Waals surface area contributed by atoms with Crippen LogP contribution in [0, 0.1) is 52.3 Å². The predicted octanol–water partition coefficient (Wildman–Crippen LogP) is 8.14. The molecule has 0 heterocycles. The van der Waals surface area contributed by atoms with Crippen molar-refractivity contribution in [3.8, 4) is 0 Å². The van der Waals surface area contributed by atoms with Gasteiger partial charge < -0.3 is 14.6 Å². The first-order valence-corrected chi connectivity index (χ1v) is 18.5. The maximum Gasteiger partial charge on any atom is 0.303 e. The van der Waals surface area contributed by atoms with Gasteiger partial charge in [-0.3, -0.25) is 4.79 Å². The second-order valence-corrected chi connectivity index (χ2v) is 20.6. The van der Waals surface area contributed by atoms with Crippen molar-refractivity contribution in [1.82, 2.24) is 0 Å². The third kappa shape index (κ3) is 5.01. The summed E-state index contributed by atoms with van der Waals surface area (Å²) < 4.78 is 6.98. The van der Waals surface area contributed by atoms with E-state index in [-0.39, 0.29) is 23.0 Å². The Kier molecular flexibility index (Phi) is 8.17. The van der Waals surface area contributed by atoms with Crippen molar-refractivity contribution in [1.29, 1.82) is 0 Å². The molecule has 0 aromatic rings. The lowest BCUT2D eigenvalue weighted by Gasteiger charge is -2.65. The first-order chi connectivity index (χ1) is 17.1. The van der Waals surface area contributed by atoms with Crippen LogP contribution in [0.3, 0.4) is 0 Å². The molecule has 0 aliphatic heterocycles. The van der Waals surface area contributed by atoms with Gasteiger partial charge in [-0.05, 0) is 122 Å². The van der Waals surface area contributed by atoms with Crippen LogP contribution in [0.15, 0.2) is 0 Å². The van der Waals surface area contributed by atoms with E-state index in [4.69, 9.17) is 4.43 Å².